The largest absolute Gasteiger partial charge is 0.341 e. The minimum atomic E-state index is -0.990. The van der Waals surface area contributed by atoms with Crippen LogP contribution in [-0.4, -0.2) is 56.7 Å². The number of hydrogen-bond acceptors (Lipinski definition) is 5. The number of benzene rings is 2. The van der Waals surface area contributed by atoms with Crippen LogP contribution in [-0.2, 0) is 22.6 Å². The summed E-state index contributed by atoms with van der Waals surface area (Å²) in [5.74, 6) is -1.60. The van der Waals surface area contributed by atoms with Crippen molar-refractivity contribution in [1.82, 2.24) is 25.0 Å². The topological polar surface area (TPSA) is 92.2 Å². The molecule has 8 nitrogen and oxygen atoms in total. The highest BCUT2D eigenvalue weighted by atomic mass is 35.5. The zero-order valence-electron chi connectivity index (χ0n) is 26.9. The molecule has 0 bridgehead atoms. The Bertz CT molecular complexity index is 1480. The maximum absolute atomic E-state index is 14.3. The number of anilines is 1. The van der Waals surface area contributed by atoms with Crippen LogP contribution < -0.4 is 10.6 Å². The van der Waals surface area contributed by atoms with Gasteiger partial charge in [0.15, 0.2) is 11.6 Å². The van der Waals surface area contributed by atoms with Gasteiger partial charge in [-0.05, 0) is 98.9 Å². The van der Waals surface area contributed by atoms with Gasteiger partial charge in [-0.2, -0.15) is 5.10 Å². The van der Waals surface area contributed by atoms with Gasteiger partial charge in [0.1, 0.15) is 12.7 Å². The molecule has 1 aromatic heterocycles. The maximum Gasteiger partial charge on any atom is 0.240 e. The van der Waals surface area contributed by atoms with E-state index < -0.39 is 17.7 Å². The van der Waals surface area contributed by atoms with Gasteiger partial charge >= 0.3 is 0 Å². The fourth-order valence-corrected chi connectivity index (χ4v) is 8.26. The Morgan fingerprint density at radius 3 is 2.32 bits per heavy atom. The van der Waals surface area contributed by atoms with E-state index in [1.807, 2.05) is 35.3 Å². The van der Waals surface area contributed by atoms with Crippen molar-refractivity contribution in [2.45, 2.75) is 95.7 Å². The number of aromatic nitrogens is 3. The van der Waals surface area contributed by atoms with E-state index in [4.69, 9.17) is 11.6 Å². The number of nitrogens with one attached hydrogen (secondary N) is 2. The minimum Gasteiger partial charge on any atom is -0.341 e. The zero-order chi connectivity index (χ0) is 32.8. The number of carbonyl (C=O) groups excluding carboxylic acids is 2. The van der Waals surface area contributed by atoms with E-state index in [-0.39, 0.29) is 34.9 Å². The molecule has 1 saturated heterocycles. The van der Waals surface area contributed by atoms with Crippen molar-refractivity contribution in [3.8, 4) is 0 Å². The van der Waals surface area contributed by atoms with Crippen molar-refractivity contribution >= 4 is 29.1 Å². The third-order valence-electron chi connectivity index (χ3n) is 10.9. The lowest BCUT2D eigenvalue weighted by molar-refractivity contribution is -0.137. The fraction of sp³-hybridized carbons (Fsp3) is 0.556. The molecule has 2 aliphatic carbocycles. The van der Waals surface area contributed by atoms with Crippen molar-refractivity contribution in [2.24, 2.45) is 17.3 Å². The summed E-state index contributed by atoms with van der Waals surface area (Å²) in [6.45, 7) is 2.29. The van der Waals surface area contributed by atoms with Gasteiger partial charge in [0, 0.05) is 48.4 Å². The quantitative estimate of drug-likeness (QED) is 0.249. The van der Waals surface area contributed by atoms with Gasteiger partial charge in [0.2, 0.25) is 11.8 Å². The van der Waals surface area contributed by atoms with Crippen LogP contribution in [0, 0.1) is 28.9 Å². The molecule has 2 saturated carbocycles. The summed E-state index contributed by atoms with van der Waals surface area (Å²) in [6, 6.07) is 10.7. The molecule has 6 rings (SSSR count). The lowest BCUT2D eigenvalue weighted by atomic mass is 9.63. The number of piperidine rings is 1. The molecule has 3 aliphatic rings. The van der Waals surface area contributed by atoms with Crippen molar-refractivity contribution in [1.29, 1.82) is 0 Å². The van der Waals surface area contributed by atoms with E-state index in [0.29, 0.717) is 30.2 Å². The molecule has 2 heterocycles. The molecule has 11 heteroatoms. The second-order valence-corrected chi connectivity index (χ2v) is 14.3. The zero-order valence-corrected chi connectivity index (χ0v) is 27.6. The normalized spacial score (nSPS) is 22.5. The number of likely N-dealkylation sites (tertiary alicyclic amines) is 1. The number of rotatable bonds is 10. The third-order valence-corrected chi connectivity index (χ3v) is 11.1. The number of nitrogens with zero attached hydrogens (tertiary/aromatic N) is 4. The summed E-state index contributed by atoms with van der Waals surface area (Å²) in [7, 11) is 0. The molecule has 2 amide bonds. The van der Waals surface area contributed by atoms with Crippen LogP contribution in [0.2, 0.25) is 5.02 Å². The lowest BCUT2D eigenvalue weighted by Gasteiger charge is -2.48. The van der Waals surface area contributed by atoms with Crippen LogP contribution in [0.4, 0.5) is 14.5 Å². The molecular weight excluding hydrogens is 622 g/mol. The summed E-state index contributed by atoms with van der Waals surface area (Å²) in [5.41, 5.74) is 1.40. The first-order valence-electron chi connectivity index (χ1n) is 17.2. The van der Waals surface area contributed by atoms with Gasteiger partial charge in [-0.25, -0.2) is 13.8 Å². The van der Waals surface area contributed by atoms with Gasteiger partial charge in [-0.3, -0.25) is 14.3 Å². The highest BCUT2D eigenvalue weighted by Crippen LogP contribution is 2.47. The average Bonchev–Trinajstić information content (AvgIpc) is 3.61. The standard InChI is InChI=1S/C36H45ClF2N6O2/c37-28-10-6-25(7-11-28)20-33(42-29-12-8-26(9-13-29)34(46)43-30-14-15-31(38)32(39)21-30)35(47)44-18-16-36(17-19-44,22-45-24-40-23-41-45)27-4-2-1-3-5-27/h6-7,10-11,14-15,21,23-24,26-27,29,33,42H,1-5,8-9,12-13,16-20,22H2,(H,43,46)/t26?,29?,33-/m1/s1. The summed E-state index contributed by atoms with van der Waals surface area (Å²) in [5, 5.41) is 11.5. The molecule has 3 fully saturated rings. The van der Waals surface area contributed by atoms with Crippen molar-refractivity contribution < 1.29 is 18.4 Å². The molecule has 1 atom stereocenters. The smallest absolute Gasteiger partial charge is 0.240 e. The van der Waals surface area contributed by atoms with E-state index in [1.165, 1.54) is 38.2 Å². The first-order chi connectivity index (χ1) is 22.8. The minimum absolute atomic E-state index is 0.0852. The Morgan fingerprint density at radius 1 is 0.936 bits per heavy atom. The van der Waals surface area contributed by atoms with Crippen LogP contribution in [0.5, 0.6) is 0 Å². The van der Waals surface area contributed by atoms with Crippen LogP contribution in [0.3, 0.4) is 0 Å². The Labute approximate surface area is 280 Å². The van der Waals surface area contributed by atoms with Crippen molar-refractivity contribution in [3.63, 3.8) is 0 Å². The van der Waals surface area contributed by atoms with E-state index in [0.717, 1.165) is 63.0 Å². The van der Waals surface area contributed by atoms with Crippen LogP contribution >= 0.6 is 11.6 Å². The Balaban J connectivity index is 1.09. The summed E-state index contributed by atoms with van der Waals surface area (Å²) < 4.78 is 28.9. The van der Waals surface area contributed by atoms with Crippen molar-refractivity contribution in [3.05, 3.63) is 77.3 Å². The van der Waals surface area contributed by atoms with Gasteiger partial charge in [0.25, 0.3) is 0 Å². The second-order valence-electron chi connectivity index (χ2n) is 13.8. The Kier molecular flexibility index (Phi) is 10.9. The van der Waals surface area contributed by atoms with Gasteiger partial charge in [0.05, 0.1) is 6.04 Å². The molecule has 2 aromatic carbocycles. The van der Waals surface area contributed by atoms with E-state index in [9.17, 15) is 18.4 Å². The van der Waals surface area contributed by atoms with Crippen LogP contribution in [0.25, 0.3) is 0 Å². The summed E-state index contributed by atoms with van der Waals surface area (Å²) in [6.07, 6.45) is 15.0. The first kappa shape index (κ1) is 33.5. The summed E-state index contributed by atoms with van der Waals surface area (Å²) in [4.78, 5) is 33.4. The molecule has 0 radical (unpaired) electrons. The predicted molar refractivity (Wildman–Crippen MR) is 178 cm³/mol. The molecule has 252 valence electrons. The average molecular weight is 667 g/mol. The Hall–Kier alpha value is -3.37. The number of halogens is 3. The highest BCUT2D eigenvalue weighted by molar-refractivity contribution is 6.30. The second kappa shape index (κ2) is 15.2. The molecule has 0 spiro atoms. The van der Waals surface area contributed by atoms with Gasteiger partial charge < -0.3 is 15.5 Å². The summed E-state index contributed by atoms with van der Waals surface area (Å²) >= 11 is 6.17. The third kappa shape index (κ3) is 8.38. The molecule has 2 N–H and O–H groups in total. The van der Waals surface area contributed by atoms with E-state index >= 15 is 0 Å². The lowest BCUT2D eigenvalue weighted by Crippen LogP contribution is -2.55. The number of amides is 2. The molecule has 0 unspecified atom stereocenters. The monoisotopic (exact) mass is 666 g/mol. The maximum atomic E-state index is 14.3. The first-order valence-corrected chi connectivity index (χ1v) is 17.5. The SMILES string of the molecule is O=C(Nc1ccc(F)c(F)c1)C1CCC(N[C@H](Cc2ccc(Cl)cc2)C(=O)N2CCC(Cn3cncn3)(C3CCCCC3)CC2)CC1. The molecule has 1 aliphatic heterocycles. The van der Waals surface area contributed by atoms with E-state index in [2.05, 4.69) is 25.6 Å². The van der Waals surface area contributed by atoms with Crippen molar-refractivity contribution in [2.75, 3.05) is 18.4 Å². The Morgan fingerprint density at radius 2 is 1.66 bits per heavy atom. The highest BCUT2D eigenvalue weighted by Gasteiger charge is 2.44. The molecular formula is C36H45ClF2N6O2. The number of hydrogen-bond donors (Lipinski definition) is 2. The number of carbonyl (C=O) groups is 2. The van der Waals surface area contributed by atoms with E-state index in [1.54, 1.807) is 6.33 Å². The van der Waals surface area contributed by atoms with Crippen LogP contribution in [0.1, 0.15) is 76.2 Å². The molecule has 3 aromatic rings. The fourth-order valence-electron chi connectivity index (χ4n) is 8.14. The van der Waals surface area contributed by atoms with Gasteiger partial charge in [-0.1, -0.05) is 43.0 Å². The van der Waals surface area contributed by atoms with Crippen LogP contribution in [0.15, 0.2) is 55.1 Å². The molecule has 47 heavy (non-hydrogen) atoms. The van der Waals surface area contributed by atoms with Gasteiger partial charge in [-0.15, -0.1) is 0 Å². The predicted octanol–water partition coefficient (Wildman–Crippen LogP) is 6.80.